The smallest absolute Gasteiger partial charge is 0.189 e. The van der Waals surface area contributed by atoms with Crippen LogP contribution in [0.3, 0.4) is 0 Å². The Bertz CT molecular complexity index is 535. The summed E-state index contributed by atoms with van der Waals surface area (Å²) in [5.41, 5.74) is 5.83. The van der Waals surface area contributed by atoms with Crippen LogP contribution in [0.5, 0.6) is 0 Å². The van der Waals surface area contributed by atoms with Gasteiger partial charge in [-0.2, -0.15) is 5.10 Å². The molecule has 0 aliphatic carbocycles. The summed E-state index contributed by atoms with van der Waals surface area (Å²) in [7, 11) is 2.13. The Balaban J connectivity index is 1.62. The number of pyridine rings is 1. The molecule has 0 saturated carbocycles. The molecule has 1 aromatic rings. The zero-order valence-corrected chi connectivity index (χ0v) is 12.3. The van der Waals surface area contributed by atoms with Gasteiger partial charge in [-0.25, -0.2) is 0 Å². The molecule has 2 aliphatic heterocycles. The van der Waals surface area contributed by atoms with Gasteiger partial charge in [0, 0.05) is 32.4 Å². The lowest BCUT2D eigenvalue weighted by Crippen LogP contribution is -2.49. The summed E-state index contributed by atoms with van der Waals surface area (Å²) in [5, 5.41) is 8.36. The molecule has 0 unspecified atom stereocenters. The van der Waals surface area contributed by atoms with E-state index in [0.29, 0.717) is 11.7 Å². The molecule has 20 heavy (non-hydrogen) atoms. The lowest BCUT2D eigenvalue weighted by atomic mass is 10.3. The van der Waals surface area contributed by atoms with Gasteiger partial charge in [-0.15, -0.1) is 0 Å². The molecule has 106 valence electrons. The fourth-order valence-corrected chi connectivity index (χ4v) is 2.56. The van der Waals surface area contributed by atoms with Crippen LogP contribution in [0, 0.1) is 0 Å². The van der Waals surface area contributed by atoms with Gasteiger partial charge in [-0.05, 0) is 31.4 Å². The number of thiocarbonyl (C=S) groups is 1. The van der Waals surface area contributed by atoms with E-state index in [0.717, 1.165) is 43.3 Å². The molecule has 3 heterocycles. The number of anilines is 1. The van der Waals surface area contributed by atoms with Gasteiger partial charge in [-0.1, -0.05) is 0 Å². The lowest BCUT2D eigenvalue weighted by Gasteiger charge is -2.33. The molecule has 0 spiro atoms. The first-order valence-electron chi connectivity index (χ1n) is 6.73. The molecule has 7 heteroatoms. The van der Waals surface area contributed by atoms with Gasteiger partial charge in [0.05, 0.1) is 12.2 Å². The molecule has 0 atom stereocenters. The fraction of sp³-hybridized carbons (Fsp3) is 0.462. The molecule has 0 aromatic carbocycles. The number of hydrazone groups is 1. The van der Waals surface area contributed by atoms with Gasteiger partial charge in [0.15, 0.2) is 5.11 Å². The average molecular weight is 290 g/mol. The minimum absolute atomic E-state index is 0.685. The van der Waals surface area contributed by atoms with Crippen LogP contribution in [0.1, 0.15) is 5.69 Å². The first-order valence-corrected chi connectivity index (χ1v) is 7.14. The highest BCUT2D eigenvalue weighted by Gasteiger charge is 2.19. The normalized spacial score (nSPS) is 20.6. The second-order valence-electron chi connectivity index (χ2n) is 5.02. The number of hydrogen-bond acceptors (Lipinski definition) is 5. The molecule has 0 amide bonds. The molecule has 1 fully saturated rings. The quantitative estimate of drug-likeness (QED) is 0.574. The fourth-order valence-electron chi connectivity index (χ4n) is 2.33. The Morgan fingerprint density at radius 2 is 2.20 bits per heavy atom. The summed E-state index contributed by atoms with van der Waals surface area (Å²) in [6.07, 6.45) is 1.78. The van der Waals surface area contributed by atoms with E-state index in [1.54, 1.807) is 6.20 Å². The van der Waals surface area contributed by atoms with Gasteiger partial charge >= 0.3 is 0 Å². The van der Waals surface area contributed by atoms with E-state index < -0.39 is 0 Å². The molecule has 1 saturated heterocycles. The van der Waals surface area contributed by atoms with Crippen LogP contribution in [0.15, 0.2) is 23.4 Å². The van der Waals surface area contributed by atoms with E-state index in [1.165, 1.54) is 0 Å². The topological polar surface area (TPSA) is 55.8 Å². The summed E-state index contributed by atoms with van der Waals surface area (Å²) in [6.45, 7) is 4.64. The van der Waals surface area contributed by atoms with Crippen molar-refractivity contribution in [2.45, 2.75) is 0 Å². The standard InChI is InChI=1S/C13H18N6S/c1-18-5-7-19(8-6-18)13(20)17-16-11-9-15-10-3-2-4-14-12(10)11/h2-4,15H,5-9H2,1H3,(H,17,20)/b16-11-. The summed E-state index contributed by atoms with van der Waals surface area (Å²) in [5.74, 6) is 0. The number of fused-ring (bicyclic) bond motifs is 1. The third-order valence-corrected chi connectivity index (χ3v) is 3.95. The van der Waals surface area contributed by atoms with E-state index in [-0.39, 0.29) is 0 Å². The van der Waals surface area contributed by atoms with E-state index in [1.807, 2.05) is 12.1 Å². The van der Waals surface area contributed by atoms with E-state index in [9.17, 15) is 0 Å². The van der Waals surface area contributed by atoms with Gasteiger partial charge in [0.1, 0.15) is 11.4 Å². The third-order valence-electron chi connectivity index (χ3n) is 3.60. The summed E-state index contributed by atoms with van der Waals surface area (Å²) < 4.78 is 0. The number of rotatable bonds is 1. The largest absolute Gasteiger partial charge is 0.377 e. The van der Waals surface area contributed by atoms with Crippen molar-refractivity contribution < 1.29 is 0 Å². The lowest BCUT2D eigenvalue weighted by molar-refractivity contribution is 0.214. The van der Waals surface area contributed by atoms with Crippen molar-refractivity contribution in [3.63, 3.8) is 0 Å². The van der Waals surface area contributed by atoms with Gasteiger partial charge in [0.25, 0.3) is 0 Å². The zero-order valence-electron chi connectivity index (χ0n) is 11.5. The maximum absolute atomic E-state index is 5.39. The number of aromatic nitrogens is 1. The van der Waals surface area contributed by atoms with Crippen LogP contribution in [0.25, 0.3) is 0 Å². The number of hydrogen-bond donors (Lipinski definition) is 2. The van der Waals surface area contributed by atoms with Crippen molar-refractivity contribution in [2.75, 3.05) is 45.1 Å². The molecule has 3 rings (SSSR count). The maximum Gasteiger partial charge on any atom is 0.189 e. The molecule has 0 bridgehead atoms. The Morgan fingerprint density at radius 1 is 1.40 bits per heavy atom. The molecule has 6 nitrogen and oxygen atoms in total. The number of nitrogens with zero attached hydrogens (tertiary/aromatic N) is 4. The van der Waals surface area contributed by atoms with Crippen LogP contribution in [-0.4, -0.2) is 65.4 Å². The Kier molecular flexibility index (Phi) is 3.79. The molecule has 2 N–H and O–H groups in total. The van der Waals surface area contributed by atoms with Crippen molar-refractivity contribution in [2.24, 2.45) is 5.10 Å². The molecular weight excluding hydrogens is 272 g/mol. The van der Waals surface area contributed by atoms with E-state index >= 15 is 0 Å². The van der Waals surface area contributed by atoms with Crippen LogP contribution in [0.2, 0.25) is 0 Å². The van der Waals surface area contributed by atoms with E-state index in [2.05, 4.69) is 37.7 Å². The first-order chi connectivity index (χ1) is 9.74. The summed E-state index contributed by atoms with van der Waals surface area (Å²) >= 11 is 5.39. The second-order valence-corrected chi connectivity index (χ2v) is 5.41. The minimum atomic E-state index is 0.685. The van der Waals surface area contributed by atoms with Crippen LogP contribution in [-0.2, 0) is 0 Å². The zero-order chi connectivity index (χ0) is 13.9. The van der Waals surface area contributed by atoms with Gasteiger partial charge in [0.2, 0.25) is 0 Å². The Hall–Kier alpha value is -1.73. The van der Waals surface area contributed by atoms with Gasteiger partial charge in [-0.3, -0.25) is 10.4 Å². The summed E-state index contributed by atoms with van der Waals surface area (Å²) in [6, 6.07) is 3.92. The van der Waals surface area contributed by atoms with Crippen molar-refractivity contribution >= 4 is 28.7 Å². The van der Waals surface area contributed by atoms with Crippen LogP contribution in [0.4, 0.5) is 5.69 Å². The predicted octanol–water partition coefficient (Wildman–Crippen LogP) is 0.333. The van der Waals surface area contributed by atoms with Crippen molar-refractivity contribution in [3.8, 4) is 0 Å². The van der Waals surface area contributed by atoms with Crippen molar-refractivity contribution in [1.29, 1.82) is 0 Å². The average Bonchev–Trinajstić information content (AvgIpc) is 2.89. The maximum atomic E-state index is 5.39. The van der Waals surface area contributed by atoms with E-state index in [4.69, 9.17) is 12.2 Å². The third kappa shape index (κ3) is 2.73. The second kappa shape index (κ2) is 5.72. The highest BCUT2D eigenvalue weighted by Crippen LogP contribution is 2.18. The predicted molar refractivity (Wildman–Crippen MR) is 84.1 cm³/mol. The number of nitrogens with one attached hydrogen (secondary N) is 2. The molecular formula is C13H18N6S. The van der Waals surface area contributed by atoms with Crippen LogP contribution < -0.4 is 10.7 Å². The molecule has 2 aliphatic rings. The summed E-state index contributed by atoms with van der Waals surface area (Å²) in [4.78, 5) is 8.80. The van der Waals surface area contributed by atoms with Crippen LogP contribution >= 0.6 is 12.2 Å². The SMILES string of the molecule is CN1CCN(C(=S)N/N=C2/CNc3cccnc32)CC1. The van der Waals surface area contributed by atoms with Gasteiger partial charge < -0.3 is 15.1 Å². The highest BCUT2D eigenvalue weighted by molar-refractivity contribution is 7.80. The monoisotopic (exact) mass is 290 g/mol. The Labute approximate surface area is 123 Å². The Morgan fingerprint density at radius 3 is 3.00 bits per heavy atom. The number of likely N-dealkylation sites (N-methyl/N-ethyl adjacent to an activating group) is 1. The van der Waals surface area contributed by atoms with Crippen molar-refractivity contribution in [3.05, 3.63) is 24.0 Å². The first kappa shape index (κ1) is 13.3. The minimum Gasteiger partial charge on any atom is -0.377 e. The number of piperazine rings is 1. The molecule has 0 radical (unpaired) electrons. The molecule has 1 aromatic heterocycles. The highest BCUT2D eigenvalue weighted by atomic mass is 32.1. The van der Waals surface area contributed by atoms with Crippen molar-refractivity contribution in [1.82, 2.24) is 20.2 Å².